The van der Waals surface area contributed by atoms with Crippen molar-refractivity contribution in [2.45, 2.75) is 144 Å². The maximum Gasteiger partial charge on any atom is 0.118 e. The summed E-state index contributed by atoms with van der Waals surface area (Å²) in [5.74, 6) is 0.753. The van der Waals surface area contributed by atoms with Crippen LogP contribution in [0.3, 0.4) is 0 Å². The Kier molecular flexibility index (Phi) is 17.9. The fraction of sp³-hybridized carbons (Fsp3) is 0.758. The van der Waals surface area contributed by atoms with E-state index >= 15 is 0 Å². The van der Waals surface area contributed by atoms with Crippen molar-refractivity contribution in [3.05, 3.63) is 41.5 Å². The first-order valence-electron chi connectivity index (χ1n) is 15.0. The number of ether oxygens (including phenoxy) is 5. The third-order valence-corrected chi connectivity index (χ3v) is 6.62. The van der Waals surface area contributed by atoms with Gasteiger partial charge in [0.2, 0.25) is 0 Å². The van der Waals surface area contributed by atoms with Crippen LogP contribution in [-0.2, 0) is 25.6 Å². The third kappa shape index (κ3) is 15.8. The van der Waals surface area contributed by atoms with Crippen LogP contribution in [0.5, 0.6) is 5.75 Å². The maximum atomic E-state index is 11.2. The molecule has 39 heavy (non-hydrogen) atoms. The second-order valence-electron chi connectivity index (χ2n) is 11.6. The van der Waals surface area contributed by atoms with Crippen molar-refractivity contribution in [3.63, 3.8) is 0 Å². The zero-order chi connectivity index (χ0) is 29.4. The van der Waals surface area contributed by atoms with E-state index in [0.717, 1.165) is 42.6 Å². The van der Waals surface area contributed by atoms with Gasteiger partial charge >= 0.3 is 0 Å². The molecule has 1 aromatic carbocycles. The molecular formula is C33H58O6. The number of benzene rings is 1. The van der Waals surface area contributed by atoms with Gasteiger partial charge in [0.05, 0.1) is 56.4 Å². The molecule has 0 amide bonds. The molecule has 1 unspecified atom stereocenters. The zero-order valence-corrected chi connectivity index (χ0v) is 26.4. The molecular weight excluding hydrogens is 492 g/mol. The molecule has 0 saturated heterocycles. The summed E-state index contributed by atoms with van der Waals surface area (Å²) in [5, 5.41) is 11.2. The largest absolute Gasteiger partial charge is 0.497 e. The Hall–Kier alpha value is -1.44. The Morgan fingerprint density at radius 2 is 1.44 bits per heavy atom. The van der Waals surface area contributed by atoms with Crippen LogP contribution < -0.4 is 4.74 Å². The Bertz CT molecular complexity index is 773. The second kappa shape index (κ2) is 19.6. The van der Waals surface area contributed by atoms with Crippen molar-refractivity contribution in [1.82, 2.24) is 0 Å². The average Bonchev–Trinajstić information content (AvgIpc) is 2.85. The number of rotatable bonds is 21. The van der Waals surface area contributed by atoms with Gasteiger partial charge in [-0.05, 0) is 85.4 Å². The fourth-order valence-electron chi connectivity index (χ4n) is 4.77. The van der Waals surface area contributed by atoms with Gasteiger partial charge in [0.1, 0.15) is 5.75 Å². The summed E-state index contributed by atoms with van der Waals surface area (Å²) in [6.07, 6.45) is 6.10. The van der Waals surface area contributed by atoms with Gasteiger partial charge in [-0.2, -0.15) is 0 Å². The molecule has 0 saturated carbocycles. The van der Waals surface area contributed by atoms with Crippen molar-refractivity contribution in [1.29, 1.82) is 0 Å². The molecule has 0 heterocycles. The Balaban J connectivity index is 2.81. The normalized spacial score (nSPS) is 16.5. The first-order valence-corrected chi connectivity index (χ1v) is 15.0. The van der Waals surface area contributed by atoms with E-state index in [0.29, 0.717) is 19.6 Å². The van der Waals surface area contributed by atoms with Gasteiger partial charge in [0, 0.05) is 18.9 Å². The molecule has 0 fully saturated rings. The molecule has 1 N–H and O–H groups in total. The van der Waals surface area contributed by atoms with E-state index in [-0.39, 0.29) is 42.5 Å². The van der Waals surface area contributed by atoms with Crippen LogP contribution in [0.25, 0.3) is 0 Å². The van der Waals surface area contributed by atoms with E-state index < -0.39 is 6.10 Å². The van der Waals surface area contributed by atoms with Crippen molar-refractivity contribution >= 4 is 0 Å². The molecule has 0 aliphatic rings. The predicted molar refractivity (Wildman–Crippen MR) is 160 cm³/mol. The van der Waals surface area contributed by atoms with Gasteiger partial charge in [-0.1, -0.05) is 44.1 Å². The third-order valence-electron chi connectivity index (χ3n) is 6.62. The summed E-state index contributed by atoms with van der Waals surface area (Å²) in [5.41, 5.74) is 2.26. The van der Waals surface area contributed by atoms with Crippen LogP contribution in [0.4, 0.5) is 0 Å². The highest BCUT2D eigenvalue weighted by molar-refractivity contribution is 5.26. The van der Waals surface area contributed by atoms with Crippen LogP contribution in [0, 0.1) is 5.92 Å². The van der Waals surface area contributed by atoms with Crippen LogP contribution in [0.1, 0.15) is 100.0 Å². The maximum absolute atomic E-state index is 11.2. The van der Waals surface area contributed by atoms with Crippen LogP contribution >= 0.6 is 0 Å². The van der Waals surface area contributed by atoms with Gasteiger partial charge < -0.3 is 28.8 Å². The van der Waals surface area contributed by atoms with E-state index in [9.17, 15) is 5.11 Å². The number of hydrogen-bond donors (Lipinski definition) is 1. The summed E-state index contributed by atoms with van der Waals surface area (Å²) in [4.78, 5) is 0. The van der Waals surface area contributed by atoms with E-state index in [2.05, 4.69) is 48.5 Å². The molecule has 1 aromatic rings. The Morgan fingerprint density at radius 1 is 0.846 bits per heavy atom. The molecule has 0 spiro atoms. The minimum atomic E-state index is -0.610. The summed E-state index contributed by atoms with van der Waals surface area (Å²) in [6.45, 7) is 19.8. The molecule has 5 atom stereocenters. The summed E-state index contributed by atoms with van der Waals surface area (Å²) < 4.78 is 29.9. The number of aliphatic hydroxyl groups excluding tert-OH is 1. The molecule has 6 heteroatoms. The van der Waals surface area contributed by atoms with E-state index in [4.69, 9.17) is 23.7 Å². The molecule has 0 aliphatic carbocycles. The first kappa shape index (κ1) is 35.6. The van der Waals surface area contributed by atoms with Crippen LogP contribution in [0.15, 0.2) is 35.9 Å². The minimum absolute atomic E-state index is 0.0299. The highest BCUT2D eigenvalue weighted by Gasteiger charge is 2.29. The summed E-state index contributed by atoms with van der Waals surface area (Å²) in [6, 6.07) is 7.93. The van der Waals surface area contributed by atoms with Crippen molar-refractivity contribution in [2.75, 3.05) is 13.7 Å². The molecule has 226 valence electrons. The van der Waals surface area contributed by atoms with Crippen molar-refractivity contribution in [3.8, 4) is 5.75 Å². The monoisotopic (exact) mass is 550 g/mol. The number of methoxy groups -OCH3 is 1. The van der Waals surface area contributed by atoms with Gasteiger partial charge in [-0.25, -0.2) is 0 Å². The lowest BCUT2D eigenvalue weighted by molar-refractivity contribution is -0.0931. The molecule has 6 nitrogen and oxygen atoms in total. The van der Waals surface area contributed by atoms with Crippen LogP contribution in [0.2, 0.25) is 0 Å². The Labute approximate surface area is 239 Å². The SMILES string of the molecule is CCC[C@H](C/C(C)=C/C(O)[C@@H](C)[C@H](C[C@@H](CCOCc1ccc(OC)cc1)OC(C)C)OC(C)C)OC(C)C. The molecule has 0 radical (unpaired) electrons. The summed E-state index contributed by atoms with van der Waals surface area (Å²) >= 11 is 0. The van der Waals surface area contributed by atoms with Gasteiger partial charge in [-0.3, -0.25) is 0 Å². The molecule has 0 bridgehead atoms. The standard InChI is InChI=1S/C33H58O6/c1-11-12-30(37-23(2)3)19-26(8)20-32(34)27(9)33(39-25(6)7)21-31(38-24(4)5)17-18-36-22-28-13-15-29(35-10)16-14-28/h13-16,20,23-25,27,30-34H,11-12,17-19,21-22H2,1-10H3/b26-20+/t27-,30-,31-,32?,33+/m1/s1. The van der Waals surface area contributed by atoms with Crippen molar-refractivity contribution < 1.29 is 28.8 Å². The Morgan fingerprint density at radius 3 is 1.97 bits per heavy atom. The lowest BCUT2D eigenvalue weighted by Gasteiger charge is -2.32. The van der Waals surface area contributed by atoms with Gasteiger partial charge in [-0.15, -0.1) is 0 Å². The predicted octanol–water partition coefficient (Wildman–Crippen LogP) is 7.51. The highest BCUT2D eigenvalue weighted by Crippen LogP contribution is 2.25. The molecule has 1 rings (SSSR count). The van der Waals surface area contributed by atoms with E-state index in [1.165, 1.54) is 0 Å². The number of hydrogen-bond acceptors (Lipinski definition) is 6. The fourth-order valence-corrected chi connectivity index (χ4v) is 4.77. The lowest BCUT2D eigenvalue weighted by atomic mass is 9.90. The van der Waals surface area contributed by atoms with E-state index in [1.807, 2.05) is 44.2 Å². The zero-order valence-electron chi connectivity index (χ0n) is 26.4. The van der Waals surface area contributed by atoms with Crippen molar-refractivity contribution in [2.24, 2.45) is 5.92 Å². The number of aliphatic hydroxyl groups is 1. The van der Waals surface area contributed by atoms with Gasteiger partial charge in [0.25, 0.3) is 0 Å². The minimum Gasteiger partial charge on any atom is -0.497 e. The van der Waals surface area contributed by atoms with Crippen LogP contribution in [-0.4, -0.2) is 61.6 Å². The molecule has 0 aromatic heterocycles. The molecule has 0 aliphatic heterocycles. The van der Waals surface area contributed by atoms with E-state index in [1.54, 1.807) is 7.11 Å². The first-order chi connectivity index (χ1) is 18.4. The quantitative estimate of drug-likeness (QED) is 0.126. The van der Waals surface area contributed by atoms with Gasteiger partial charge in [0.15, 0.2) is 0 Å². The average molecular weight is 551 g/mol. The topological polar surface area (TPSA) is 66.4 Å². The second-order valence-corrected chi connectivity index (χ2v) is 11.6. The lowest BCUT2D eigenvalue weighted by Crippen LogP contribution is -2.37. The highest BCUT2D eigenvalue weighted by atomic mass is 16.5. The summed E-state index contributed by atoms with van der Waals surface area (Å²) in [7, 11) is 1.67. The smallest absolute Gasteiger partial charge is 0.118 e.